The largest absolute Gasteiger partial charge is 0.315 e. The highest BCUT2D eigenvalue weighted by molar-refractivity contribution is 9.10. The van der Waals surface area contributed by atoms with E-state index in [1.807, 2.05) is 11.4 Å². The Labute approximate surface area is 59.8 Å². The fraction of sp³-hybridized carbons (Fsp3) is 0. The summed E-state index contributed by atoms with van der Waals surface area (Å²) in [5.41, 5.74) is 2.54. The van der Waals surface area contributed by atoms with Crippen molar-refractivity contribution in [3.63, 3.8) is 0 Å². The summed E-state index contributed by atoms with van der Waals surface area (Å²) in [7, 11) is 0. The van der Waals surface area contributed by atoms with Gasteiger partial charge in [0.1, 0.15) is 5.00 Å². The lowest BCUT2D eigenvalue weighted by Crippen LogP contribution is -2.03. The summed E-state index contributed by atoms with van der Waals surface area (Å²) in [6.45, 7) is 0. The Bertz CT molecular complexity index is 174. The second-order valence-electron chi connectivity index (χ2n) is 1.27. The van der Waals surface area contributed by atoms with Gasteiger partial charge in [0.25, 0.3) is 0 Å². The molecule has 0 fully saturated rings. The van der Waals surface area contributed by atoms with Crippen LogP contribution in [0.3, 0.4) is 0 Å². The highest BCUT2D eigenvalue weighted by Gasteiger charge is 1.90. The van der Waals surface area contributed by atoms with Gasteiger partial charge in [-0.3, -0.25) is 0 Å². The van der Waals surface area contributed by atoms with E-state index in [0.717, 1.165) is 9.47 Å². The lowest BCUT2D eigenvalue weighted by Gasteiger charge is -1.86. The van der Waals surface area contributed by atoms with E-state index in [-0.39, 0.29) is 0 Å². The zero-order valence-corrected chi connectivity index (χ0v) is 6.42. The van der Waals surface area contributed by atoms with Crippen molar-refractivity contribution < 1.29 is 0 Å². The summed E-state index contributed by atoms with van der Waals surface area (Å²) in [5, 5.41) is 2.94. The zero-order valence-electron chi connectivity index (χ0n) is 4.02. The number of thiophene rings is 1. The Morgan fingerprint density at radius 1 is 1.75 bits per heavy atom. The van der Waals surface area contributed by atoms with E-state index in [2.05, 4.69) is 21.4 Å². The molecule has 1 aromatic rings. The summed E-state index contributed by atoms with van der Waals surface area (Å²) in [6, 6.07) is 1.92. The molecule has 0 saturated carbocycles. The quantitative estimate of drug-likeness (QED) is 0.527. The zero-order chi connectivity index (χ0) is 5.98. The van der Waals surface area contributed by atoms with Crippen molar-refractivity contribution in [2.45, 2.75) is 0 Å². The molecule has 0 aliphatic carbocycles. The van der Waals surface area contributed by atoms with Crippen LogP contribution in [0.25, 0.3) is 0 Å². The van der Waals surface area contributed by atoms with Crippen LogP contribution in [-0.2, 0) is 0 Å². The third-order valence-corrected chi connectivity index (χ3v) is 2.33. The summed E-state index contributed by atoms with van der Waals surface area (Å²) in [6.07, 6.45) is 0. The first kappa shape index (κ1) is 6.07. The number of hydrazine groups is 1. The van der Waals surface area contributed by atoms with E-state index >= 15 is 0 Å². The molecule has 0 radical (unpaired) electrons. The Morgan fingerprint density at radius 2 is 2.50 bits per heavy atom. The number of anilines is 1. The first-order valence-corrected chi connectivity index (χ1v) is 3.71. The molecule has 8 heavy (non-hydrogen) atoms. The molecule has 0 atom stereocenters. The number of nitrogens with one attached hydrogen (secondary N) is 1. The Balaban J connectivity index is 2.84. The van der Waals surface area contributed by atoms with Crippen LogP contribution >= 0.6 is 27.3 Å². The standard InChI is InChI=1S/C4H5BrN2S/c5-3-1-4(7-6)8-2-3/h1-2,7H,6H2. The molecule has 0 amide bonds. The van der Waals surface area contributed by atoms with Crippen molar-refractivity contribution in [2.24, 2.45) is 5.84 Å². The summed E-state index contributed by atoms with van der Waals surface area (Å²) in [5.74, 6) is 5.10. The van der Waals surface area contributed by atoms with Gasteiger partial charge in [-0.05, 0) is 22.0 Å². The molecule has 1 rings (SSSR count). The van der Waals surface area contributed by atoms with Gasteiger partial charge in [-0.1, -0.05) is 0 Å². The van der Waals surface area contributed by atoms with Gasteiger partial charge in [0.15, 0.2) is 0 Å². The highest BCUT2D eigenvalue weighted by Crippen LogP contribution is 2.22. The monoisotopic (exact) mass is 192 g/mol. The number of hydrogen-bond donors (Lipinski definition) is 2. The lowest BCUT2D eigenvalue weighted by molar-refractivity contribution is 1.39. The smallest absolute Gasteiger partial charge is 0.103 e. The van der Waals surface area contributed by atoms with Crippen molar-refractivity contribution in [1.29, 1.82) is 0 Å². The van der Waals surface area contributed by atoms with Crippen LogP contribution in [0.15, 0.2) is 15.9 Å². The van der Waals surface area contributed by atoms with Gasteiger partial charge in [-0.2, -0.15) is 0 Å². The fourth-order valence-corrected chi connectivity index (χ4v) is 1.62. The average Bonchev–Trinajstić information content (AvgIpc) is 2.14. The normalized spacial score (nSPS) is 9.25. The molecular weight excluding hydrogens is 188 g/mol. The molecule has 4 heteroatoms. The van der Waals surface area contributed by atoms with Gasteiger partial charge in [0.2, 0.25) is 0 Å². The molecular formula is C4H5BrN2S. The maximum absolute atomic E-state index is 5.10. The molecule has 1 heterocycles. The predicted octanol–water partition coefficient (Wildman–Crippen LogP) is 1.80. The minimum atomic E-state index is 0.969. The summed E-state index contributed by atoms with van der Waals surface area (Å²) in [4.78, 5) is 0. The minimum absolute atomic E-state index is 0.969. The van der Waals surface area contributed by atoms with Crippen LogP contribution in [0.1, 0.15) is 0 Å². The number of rotatable bonds is 1. The van der Waals surface area contributed by atoms with E-state index < -0.39 is 0 Å². The van der Waals surface area contributed by atoms with Gasteiger partial charge in [0.05, 0.1) is 0 Å². The molecule has 0 aliphatic heterocycles. The third kappa shape index (κ3) is 1.21. The van der Waals surface area contributed by atoms with E-state index in [1.54, 1.807) is 11.3 Å². The van der Waals surface area contributed by atoms with Crippen LogP contribution < -0.4 is 11.3 Å². The molecule has 0 saturated heterocycles. The number of nitrogens with two attached hydrogens (primary N) is 1. The van der Waals surface area contributed by atoms with Crippen molar-refractivity contribution in [3.05, 3.63) is 15.9 Å². The maximum Gasteiger partial charge on any atom is 0.103 e. The van der Waals surface area contributed by atoms with Gasteiger partial charge in [-0.25, -0.2) is 5.84 Å². The van der Waals surface area contributed by atoms with Crippen molar-refractivity contribution in [2.75, 3.05) is 5.43 Å². The first-order valence-electron chi connectivity index (χ1n) is 2.03. The molecule has 0 spiro atoms. The van der Waals surface area contributed by atoms with Crippen LogP contribution in [0.2, 0.25) is 0 Å². The number of hydrogen-bond acceptors (Lipinski definition) is 3. The van der Waals surface area contributed by atoms with Gasteiger partial charge in [-0.15, -0.1) is 11.3 Å². The second-order valence-corrected chi connectivity index (χ2v) is 3.10. The van der Waals surface area contributed by atoms with E-state index in [9.17, 15) is 0 Å². The summed E-state index contributed by atoms with van der Waals surface area (Å²) < 4.78 is 1.07. The average molecular weight is 193 g/mol. The van der Waals surface area contributed by atoms with Crippen LogP contribution in [0.5, 0.6) is 0 Å². The molecule has 0 aromatic carbocycles. The predicted molar refractivity (Wildman–Crippen MR) is 39.8 cm³/mol. The molecule has 0 unspecified atom stereocenters. The molecule has 0 bridgehead atoms. The lowest BCUT2D eigenvalue weighted by atomic mass is 10.6. The van der Waals surface area contributed by atoms with Crippen LogP contribution in [-0.4, -0.2) is 0 Å². The minimum Gasteiger partial charge on any atom is -0.315 e. The van der Waals surface area contributed by atoms with Crippen molar-refractivity contribution in [1.82, 2.24) is 0 Å². The Kier molecular flexibility index (Phi) is 1.88. The molecule has 44 valence electrons. The molecule has 0 aliphatic rings. The van der Waals surface area contributed by atoms with E-state index in [1.165, 1.54) is 0 Å². The SMILES string of the molecule is NNc1cc(Br)cs1. The van der Waals surface area contributed by atoms with Crippen LogP contribution in [0, 0.1) is 0 Å². The van der Waals surface area contributed by atoms with Crippen molar-refractivity contribution >= 4 is 32.3 Å². The summed E-state index contributed by atoms with van der Waals surface area (Å²) >= 11 is 4.85. The van der Waals surface area contributed by atoms with Gasteiger partial charge >= 0.3 is 0 Å². The molecule has 3 N–H and O–H groups in total. The van der Waals surface area contributed by atoms with E-state index in [4.69, 9.17) is 5.84 Å². The second kappa shape index (κ2) is 2.48. The van der Waals surface area contributed by atoms with Gasteiger partial charge in [0, 0.05) is 9.85 Å². The highest BCUT2D eigenvalue weighted by atomic mass is 79.9. The maximum atomic E-state index is 5.10. The van der Waals surface area contributed by atoms with E-state index in [0.29, 0.717) is 0 Å². The third-order valence-electron chi connectivity index (χ3n) is 0.710. The molecule has 2 nitrogen and oxygen atoms in total. The number of halogens is 1. The van der Waals surface area contributed by atoms with Crippen LogP contribution in [0.4, 0.5) is 5.00 Å². The van der Waals surface area contributed by atoms with Crippen molar-refractivity contribution in [3.8, 4) is 0 Å². The number of nitrogen functional groups attached to an aromatic ring is 1. The Hall–Kier alpha value is -0.0600. The topological polar surface area (TPSA) is 38.0 Å². The van der Waals surface area contributed by atoms with Gasteiger partial charge < -0.3 is 5.43 Å². The Morgan fingerprint density at radius 3 is 2.75 bits per heavy atom. The molecule has 1 aromatic heterocycles. The fourth-order valence-electron chi connectivity index (χ4n) is 0.389. The first-order chi connectivity index (χ1) is 3.83.